The number of carboxylic acids is 1. The van der Waals surface area contributed by atoms with Crippen LogP contribution in [0.15, 0.2) is 48.5 Å². The van der Waals surface area contributed by atoms with Crippen molar-refractivity contribution < 1.29 is 19.4 Å². The molecule has 4 rings (SSSR count). The number of rotatable bonds is 5. The van der Waals surface area contributed by atoms with Gasteiger partial charge in [-0.1, -0.05) is 68.3 Å². The average molecular weight is 393 g/mol. The van der Waals surface area contributed by atoms with E-state index in [1.807, 2.05) is 31.2 Å². The number of nitrogens with one attached hydrogen (secondary N) is 1. The van der Waals surface area contributed by atoms with Crippen molar-refractivity contribution in [2.45, 2.75) is 50.5 Å². The zero-order valence-corrected chi connectivity index (χ0v) is 16.7. The van der Waals surface area contributed by atoms with Gasteiger partial charge < -0.3 is 15.2 Å². The number of carboxylic acid groups (broad SMARTS) is 1. The highest BCUT2D eigenvalue weighted by Crippen LogP contribution is 2.44. The van der Waals surface area contributed by atoms with Gasteiger partial charge in [-0.05, 0) is 41.0 Å². The lowest BCUT2D eigenvalue weighted by Crippen LogP contribution is -2.55. The zero-order chi connectivity index (χ0) is 20.4. The highest BCUT2D eigenvalue weighted by molar-refractivity contribution is 5.79. The number of carbonyl (C=O) groups is 2. The van der Waals surface area contributed by atoms with E-state index >= 15 is 0 Å². The van der Waals surface area contributed by atoms with Gasteiger partial charge in [-0.3, -0.25) is 4.79 Å². The number of benzene rings is 2. The van der Waals surface area contributed by atoms with E-state index in [1.165, 1.54) is 11.1 Å². The lowest BCUT2D eigenvalue weighted by molar-refractivity contribution is -0.139. The van der Waals surface area contributed by atoms with E-state index in [9.17, 15) is 14.7 Å². The summed E-state index contributed by atoms with van der Waals surface area (Å²) in [4.78, 5) is 24.1. The van der Waals surface area contributed by atoms with Crippen molar-refractivity contribution in [3.63, 3.8) is 0 Å². The lowest BCUT2D eigenvalue weighted by atomic mass is 9.72. The van der Waals surface area contributed by atoms with Crippen LogP contribution in [0, 0.1) is 5.92 Å². The molecule has 2 aromatic rings. The van der Waals surface area contributed by atoms with Gasteiger partial charge in [0.05, 0.1) is 12.0 Å². The van der Waals surface area contributed by atoms with Crippen molar-refractivity contribution in [2.24, 2.45) is 5.92 Å². The molecule has 0 saturated heterocycles. The van der Waals surface area contributed by atoms with Gasteiger partial charge in [-0.15, -0.1) is 0 Å². The molecule has 5 nitrogen and oxygen atoms in total. The summed E-state index contributed by atoms with van der Waals surface area (Å²) >= 11 is 0. The minimum Gasteiger partial charge on any atom is -0.481 e. The number of fused-ring (bicyclic) bond motifs is 3. The van der Waals surface area contributed by atoms with E-state index in [-0.39, 0.29) is 24.9 Å². The Balaban J connectivity index is 1.49. The second-order valence-corrected chi connectivity index (χ2v) is 8.32. The third kappa shape index (κ3) is 3.74. The third-order valence-corrected chi connectivity index (χ3v) is 6.61. The van der Waals surface area contributed by atoms with Gasteiger partial charge in [0.15, 0.2) is 0 Å². The molecule has 2 atom stereocenters. The Bertz CT molecular complexity index is 879. The highest BCUT2D eigenvalue weighted by atomic mass is 16.5. The van der Waals surface area contributed by atoms with Crippen LogP contribution in [0.1, 0.15) is 56.1 Å². The average Bonchev–Trinajstić information content (AvgIpc) is 3.02. The predicted molar refractivity (Wildman–Crippen MR) is 111 cm³/mol. The van der Waals surface area contributed by atoms with E-state index in [4.69, 9.17) is 4.74 Å². The molecule has 152 valence electrons. The first kappa shape index (κ1) is 19.5. The molecule has 5 heteroatoms. The quantitative estimate of drug-likeness (QED) is 0.754. The van der Waals surface area contributed by atoms with Crippen LogP contribution in [0.2, 0.25) is 0 Å². The van der Waals surface area contributed by atoms with Gasteiger partial charge >= 0.3 is 12.1 Å². The summed E-state index contributed by atoms with van der Waals surface area (Å²) in [5.74, 6) is -0.794. The van der Waals surface area contributed by atoms with Crippen LogP contribution in [-0.2, 0) is 9.53 Å². The summed E-state index contributed by atoms with van der Waals surface area (Å²) < 4.78 is 5.65. The largest absolute Gasteiger partial charge is 0.481 e. The van der Waals surface area contributed by atoms with Crippen molar-refractivity contribution in [3.05, 3.63) is 59.7 Å². The molecule has 1 saturated carbocycles. The number of aliphatic carboxylic acids is 1. The topological polar surface area (TPSA) is 75.6 Å². The second kappa shape index (κ2) is 7.90. The molecule has 2 aliphatic carbocycles. The molecule has 2 aliphatic rings. The molecule has 0 aliphatic heterocycles. The van der Waals surface area contributed by atoms with Crippen molar-refractivity contribution in [2.75, 3.05) is 6.61 Å². The van der Waals surface area contributed by atoms with E-state index in [0.717, 1.165) is 30.4 Å². The third-order valence-electron chi connectivity index (χ3n) is 6.61. The normalized spacial score (nSPS) is 23.1. The second-order valence-electron chi connectivity index (χ2n) is 8.32. The Morgan fingerprint density at radius 1 is 1.07 bits per heavy atom. The first-order valence-electron chi connectivity index (χ1n) is 10.3. The van der Waals surface area contributed by atoms with Gasteiger partial charge in [-0.25, -0.2) is 4.79 Å². The maximum Gasteiger partial charge on any atom is 0.407 e. The van der Waals surface area contributed by atoms with Crippen LogP contribution in [0.25, 0.3) is 11.1 Å². The Morgan fingerprint density at radius 2 is 1.69 bits per heavy atom. The molecule has 2 N–H and O–H groups in total. The summed E-state index contributed by atoms with van der Waals surface area (Å²) in [6, 6.07) is 16.4. The van der Waals surface area contributed by atoms with Crippen LogP contribution in [0.4, 0.5) is 4.79 Å². The maximum absolute atomic E-state index is 12.7. The Hall–Kier alpha value is -2.82. The van der Waals surface area contributed by atoms with Gasteiger partial charge in [0.25, 0.3) is 0 Å². The fourth-order valence-corrected chi connectivity index (χ4v) is 5.01. The summed E-state index contributed by atoms with van der Waals surface area (Å²) in [6.07, 6.45) is 2.97. The molecular weight excluding hydrogens is 366 g/mol. The number of ether oxygens (including phenoxy) is 1. The van der Waals surface area contributed by atoms with Crippen LogP contribution < -0.4 is 5.32 Å². The minimum atomic E-state index is -0.891. The summed E-state index contributed by atoms with van der Waals surface area (Å²) in [6.45, 7) is 2.25. The van der Waals surface area contributed by atoms with Crippen LogP contribution in [0.5, 0.6) is 0 Å². The van der Waals surface area contributed by atoms with Gasteiger partial charge in [0, 0.05) is 5.92 Å². The van der Waals surface area contributed by atoms with Gasteiger partial charge in [0.2, 0.25) is 0 Å². The van der Waals surface area contributed by atoms with Crippen LogP contribution in [0.3, 0.4) is 0 Å². The van der Waals surface area contributed by atoms with Crippen molar-refractivity contribution in [1.82, 2.24) is 5.32 Å². The molecule has 1 amide bonds. The van der Waals surface area contributed by atoms with Crippen molar-refractivity contribution >= 4 is 12.1 Å². The van der Waals surface area contributed by atoms with Crippen LogP contribution in [-0.4, -0.2) is 29.3 Å². The SMILES string of the molecule is CC1CCCCC1(CC(=O)O)NC(=O)OCC1c2ccccc2-c2ccccc21. The summed E-state index contributed by atoms with van der Waals surface area (Å²) in [5, 5.41) is 12.3. The fraction of sp³-hybridized carbons (Fsp3) is 0.417. The molecule has 1 fully saturated rings. The van der Waals surface area contributed by atoms with Crippen molar-refractivity contribution in [3.8, 4) is 11.1 Å². The number of hydrogen-bond donors (Lipinski definition) is 2. The first-order chi connectivity index (χ1) is 14.0. The molecule has 2 unspecified atom stereocenters. The van der Waals surface area contributed by atoms with Gasteiger partial charge in [0.1, 0.15) is 6.61 Å². The molecule has 29 heavy (non-hydrogen) atoms. The molecule has 0 heterocycles. The molecule has 0 aromatic heterocycles. The highest BCUT2D eigenvalue weighted by Gasteiger charge is 2.42. The Kier molecular flexibility index (Phi) is 5.31. The number of alkyl carbamates (subject to hydrolysis) is 1. The maximum atomic E-state index is 12.7. The van der Waals surface area contributed by atoms with E-state index < -0.39 is 17.6 Å². The Labute approximate surface area is 171 Å². The molecule has 0 spiro atoms. The van der Waals surface area contributed by atoms with E-state index in [0.29, 0.717) is 6.42 Å². The van der Waals surface area contributed by atoms with Gasteiger partial charge in [-0.2, -0.15) is 0 Å². The summed E-state index contributed by atoms with van der Waals surface area (Å²) in [5.41, 5.74) is 3.95. The molecule has 0 radical (unpaired) electrons. The number of carbonyl (C=O) groups excluding carboxylic acids is 1. The Morgan fingerprint density at radius 3 is 2.28 bits per heavy atom. The van der Waals surface area contributed by atoms with E-state index in [2.05, 4.69) is 29.6 Å². The summed E-state index contributed by atoms with van der Waals surface area (Å²) in [7, 11) is 0. The minimum absolute atomic E-state index is 0.00708. The smallest absolute Gasteiger partial charge is 0.407 e. The van der Waals surface area contributed by atoms with E-state index in [1.54, 1.807) is 0 Å². The predicted octanol–water partition coefficient (Wildman–Crippen LogP) is 4.95. The molecular formula is C24H27NO4. The lowest BCUT2D eigenvalue weighted by Gasteiger charge is -2.42. The van der Waals surface area contributed by atoms with Crippen molar-refractivity contribution in [1.29, 1.82) is 0 Å². The molecule has 0 bridgehead atoms. The molecule has 2 aromatic carbocycles. The monoisotopic (exact) mass is 393 g/mol. The first-order valence-corrected chi connectivity index (χ1v) is 10.3. The number of hydrogen-bond acceptors (Lipinski definition) is 3. The van der Waals surface area contributed by atoms with Crippen LogP contribution >= 0.6 is 0 Å². The zero-order valence-electron chi connectivity index (χ0n) is 16.7. The standard InChI is InChI=1S/C24H27NO4/c1-16-8-6-7-13-24(16,14-22(26)27)25-23(28)29-15-21-19-11-4-2-9-17(19)18-10-3-5-12-20(18)21/h2-5,9-12,16,21H,6-8,13-15H2,1H3,(H,25,28)(H,26,27). The fourth-order valence-electron chi connectivity index (χ4n) is 5.01. The number of amides is 1.